The van der Waals surface area contributed by atoms with Gasteiger partial charge in [0.25, 0.3) is 0 Å². The molecule has 0 heterocycles. The van der Waals surface area contributed by atoms with E-state index >= 15 is 0 Å². The van der Waals surface area contributed by atoms with Crippen molar-refractivity contribution in [3.63, 3.8) is 0 Å². The summed E-state index contributed by atoms with van der Waals surface area (Å²) < 4.78 is 0. The standard InChI is InChI=1S/C10H18/c1-7-8(2)10-5-3-4-9(7)6-10/h7-10H,3-6H2,1-2H3/t7-,8-,9-,10+/m0/s1. The van der Waals surface area contributed by atoms with Crippen LogP contribution in [0, 0.1) is 23.7 Å². The quantitative estimate of drug-likeness (QED) is 0.482. The Hall–Kier alpha value is 0. The van der Waals surface area contributed by atoms with Gasteiger partial charge in [-0.1, -0.05) is 33.1 Å². The Labute approximate surface area is 64.0 Å². The third kappa shape index (κ3) is 0.810. The van der Waals surface area contributed by atoms with E-state index in [9.17, 15) is 0 Å². The molecule has 0 heteroatoms. The first kappa shape index (κ1) is 6.69. The summed E-state index contributed by atoms with van der Waals surface area (Å²) in [6, 6.07) is 0. The lowest BCUT2D eigenvalue weighted by Crippen LogP contribution is -2.07. The van der Waals surface area contributed by atoms with Gasteiger partial charge >= 0.3 is 0 Å². The van der Waals surface area contributed by atoms with Crippen LogP contribution in [0.2, 0.25) is 0 Å². The lowest BCUT2D eigenvalue weighted by atomic mass is 9.87. The van der Waals surface area contributed by atoms with Crippen molar-refractivity contribution in [2.45, 2.75) is 39.5 Å². The molecule has 0 aliphatic heterocycles. The summed E-state index contributed by atoms with van der Waals surface area (Å²) in [7, 11) is 0. The fourth-order valence-corrected chi connectivity index (χ4v) is 3.08. The monoisotopic (exact) mass is 138 g/mol. The van der Waals surface area contributed by atoms with E-state index in [-0.39, 0.29) is 0 Å². The first-order chi connectivity index (χ1) is 4.79. The maximum Gasteiger partial charge on any atom is -0.0383 e. The van der Waals surface area contributed by atoms with Crippen LogP contribution in [0.4, 0.5) is 0 Å². The Morgan fingerprint density at radius 1 is 0.900 bits per heavy atom. The van der Waals surface area contributed by atoms with Crippen LogP contribution in [0.25, 0.3) is 0 Å². The van der Waals surface area contributed by atoms with Crippen molar-refractivity contribution in [3.05, 3.63) is 0 Å². The molecule has 0 aromatic carbocycles. The Morgan fingerprint density at radius 3 is 1.80 bits per heavy atom. The third-order valence-electron chi connectivity index (χ3n) is 4.07. The van der Waals surface area contributed by atoms with E-state index in [0.29, 0.717) is 0 Å². The van der Waals surface area contributed by atoms with Crippen molar-refractivity contribution in [1.82, 2.24) is 0 Å². The summed E-state index contributed by atoms with van der Waals surface area (Å²) in [6.07, 6.45) is 6.14. The van der Waals surface area contributed by atoms with Crippen molar-refractivity contribution in [2.75, 3.05) is 0 Å². The summed E-state index contributed by atoms with van der Waals surface area (Å²) in [5.41, 5.74) is 0. The van der Waals surface area contributed by atoms with Gasteiger partial charge in [0.1, 0.15) is 0 Å². The zero-order chi connectivity index (χ0) is 7.14. The molecule has 0 aromatic heterocycles. The zero-order valence-corrected chi connectivity index (χ0v) is 7.14. The maximum absolute atomic E-state index is 2.46. The molecular formula is C10H18. The fraction of sp³-hybridized carbons (Fsp3) is 1.00. The van der Waals surface area contributed by atoms with Crippen LogP contribution in [0.1, 0.15) is 39.5 Å². The highest BCUT2D eigenvalue weighted by atomic mass is 14.4. The summed E-state index contributed by atoms with van der Waals surface area (Å²) in [5.74, 6) is 4.28. The molecule has 2 bridgehead atoms. The second kappa shape index (κ2) is 2.25. The largest absolute Gasteiger partial charge is 0.0620 e. The fourth-order valence-electron chi connectivity index (χ4n) is 3.08. The normalized spacial score (nSPS) is 53.4. The van der Waals surface area contributed by atoms with Crippen LogP contribution in [0.15, 0.2) is 0 Å². The number of hydrogen-bond acceptors (Lipinski definition) is 0. The molecule has 10 heavy (non-hydrogen) atoms. The van der Waals surface area contributed by atoms with Crippen LogP contribution >= 0.6 is 0 Å². The molecule has 2 fully saturated rings. The molecular weight excluding hydrogens is 120 g/mol. The predicted octanol–water partition coefficient (Wildman–Crippen LogP) is 3.08. The number of rotatable bonds is 0. The first-order valence-electron chi connectivity index (χ1n) is 4.79. The minimum absolute atomic E-state index is 1.03. The van der Waals surface area contributed by atoms with Crippen LogP contribution < -0.4 is 0 Å². The van der Waals surface area contributed by atoms with E-state index in [0.717, 1.165) is 23.7 Å². The van der Waals surface area contributed by atoms with Gasteiger partial charge in [-0.25, -0.2) is 0 Å². The van der Waals surface area contributed by atoms with E-state index in [1.807, 2.05) is 0 Å². The Morgan fingerprint density at radius 2 is 1.40 bits per heavy atom. The summed E-state index contributed by atoms with van der Waals surface area (Å²) in [4.78, 5) is 0. The van der Waals surface area contributed by atoms with Gasteiger partial charge in [-0.05, 0) is 30.1 Å². The van der Waals surface area contributed by atoms with E-state index in [2.05, 4.69) is 13.8 Å². The Balaban J connectivity index is 2.13. The third-order valence-corrected chi connectivity index (χ3v) is 4.07. The SMILES string of the molecule is C[C@@H]1[C@@H]2CCC[C@@H](C2)[C@H]1C. The van der Waals surface area contributed by atoms with Crippen molar-refractivity contribution in [1.29, 1.82) is 0 Å². The minimum atomic E-state index is 1.03. The molecule has 0 radical (unpaired) electrons. The minimum Gasteiger partial charge on any atom is -0.0620 e. The van der Waals surface area contributed by atoms with Crippen molar-refractivity contribution < 1.29 is 0 Å². The molecule has 2 saturated carbocycles. The predicted molar refractivity (Wildman–Crippen MR) is 43.8 cm³/mol. The highest BCUT2D eigenvalue weighted by Crippen LogP contribution is 2.49. The topological polar surface area (TPSA) is 0 Å². The molecule has 0 aromatic rings. The molecule has 2 rings (SSSR count). The molecule has 0 spiro atoms. The van der Waals surface area contributed by atoms with Crippen molar-refractivity contribution >= 4 is 0 Å². The van der Waals surface area contributed by atoms with Gasteiger partial charge in [-0.3, -0.25) is 0 Å². The number of hydrogen-bond donors (Lipinski definition) is 0. The Bertz CT molecular complexity index is 110. The Kier molecular flexibility index (Phi) is 1.51. The average molecular weight is 138 g/mol. The highest BCUT2D eigenvalue weighted by Gasteiger charge is 2.39. The molecule has 0 saturated heterocycles. The molecule has 2 aliphatic carbocycles. The summed E-state index contributed by atoms with van der Waals surface area (Å²) in [6.45, 7) is 4.92. The zero-order valence-electron chi connectivity index (χ0n) is 7.14. The van der Waals surface area contributed by atoms with E-state index in [4.69, 9.17) is 0 Å². The van der Waals surface area contributed by atoms with E-state index < -0.39 is 0 Å². The van der Waals surface area contributed by atoms with Crippen LogP contribution in [-0.4, -0.2) is 0 Å². The van der Waals surface area contributed by atoms with E-state index in [1.54, 1.807) is 6.42 Å². The molecule has 58 valence electrons. The molecule has 0 amide bonds. The molecule has 4 atom stereocenters. The molecule has 2 aliphatic rings. The summed E-state index contributed by atoms with van der Waals surface area (Å²) in [5, 5.41) is 0. The van der Waals surface area contributed by atoms with Crippen LogP contribution in [0.3, 0.4) is 0 Å². The second-order valence-electron chi connectivity index (χ2n) is 4.40. The van der Waals surface area contributed by atoms with Gasteiger partial charge in [-0.15, -0.1) is 0 Å². The van der Waals surface area contributed by atoms with Gasteiger partial charge in [0, 0.05) is 0 Å². The molecule has 0 unspecified atom stereocenters. The van der Waals surface area contributed by atoms with Crippen molar-refractivity contribution in [3.8, 4) is 0 Å². The van der Waals surface area contributed by atoms with Gasteiger partial charge in [0.15, 0.2) is 0 Å². The van der Waals surface area contributed by atoms with Gasteiger partial charge in [-0.2, -0.15) is 0 Å². The smallest absolute Gasteiger partial charge is 0.0383 e. The summed E-state index contributed by atoms with van der Waals surface area (Å²) >= 11 is 0. The molecule has 0 N–H and O–H groups in total. The van der Waals surface area contributed by atoms with Crippen molar-refractivity contribution in [2.24, 2.45) is 23.7 Å². The van der Waals surface area contributed by atoms with Gasteiger partial charge in [0.2, 0.25) is 0 Å². The number of fused-ring (bicyclic) bond motifs is 2. The highest BCUT2D eigenvalue weighted by molar-refractivity contribution is 4.89. The lowest BCUT2D eigenvalue weighted by Gasteiger charge is -2.18. The van der Waals surface area contributed by atoms with Crippen LogP contribution in [-0.2, 0) is 0 Å². The van der Waals surface area contributed by atoms with Crippen LogP contribution in [0.5, 0.6) is 0 Å². The molecule has 0 nitrogen and oxygen atoms in total. The van der Waals surface area contributed by atoms with Gasteiger partial charge in [0.05, 0.1) is 0 Å². The maximum atomic E-state index is 2.46. The lowest BCUT2D eigenvalue weighted by molar-refractivity contribution is 0.333. The first-order valence-corrected chi connectivity index (χ1v) is 4.79. The van der Waals surface area contributed by atoms with Gasteiger partial charge < -0.3 is 0 Å². The van der Waals surface area contributed by atoms with E-state index in [1.165, 1.54) is 19.3 Å². The second-order valence-corrected chi connectivity index (χ2v) is 4.40. The average Bonchev–Trinajstić information content (AvgIpc) is 2.17.